The van der Waals surface area contributed by atoms with Crippen LogP contribution in [0.5, 0.6) is 0 Å². The molecule has 0 radical (unpaired) electrons. The van der Waals surface area contributed by atoms with Crippen molar-refractivity contribution in [1.82, 2.24) is 25.1 Å². The molecule has 0 saturated carbocycles. The molecule has 4 aromatic rings. The number of aromatic nitrogens is 4. The minimum absolute atomic E-state index is 0.816. The lowest BCUT2D eigenvalue weighted by atomic mass is 9.90. The average molecular weight is 412 g/mol. The lowest BCUT2D eigenvalue weighted by Crippen LogP contribution is -2.35. The highest BCUT2D eigenvalue weighted by atomic mass is 15.5. The zero-order valence-corrected chi connectivity index (χ0v) is 17.9. The van der Waals surface area contributed by atoms with Gasteiger partial charge >= 0.3 is 0 Å². The van der Waals surface area contributed by atoms with E-state index in [9.17, 15) is 0 Å². The molecular weight excluding hydrogens is 382 g/mol. The zero-order chi connectivity index (χ0) is 20.9. The van der Waals surface area contributed by atoms with Crippen LogP contribution in [0.4, 0.5) is 0 Å². The van der Waals surface area contributed by atoms with E-state index in [2.05, 4.69) is 93.2 Å². The van der Waals surface area contributed by atoms with Gasteiger partial charge in [-0.2, -0.15) is 0 Å². The number of hydrogen-bond donors (Lipinski definition) is 0. The molecule has 0 amide bonds. The van der Waals surface area contributed by atoms with Gasteiger partial charge in [-0.15, -0.1) is 5.10 Å². The molecule has 5 nitrogen and oxygen atoms in total. The quantitative estimate of drug-likeness (QED) is 0.437. The number of benzene rings is 3. The first kappa shape index (κ1) is 19.9. The van der Waals surface area contributed by atoms with Crippen LogP contribution in [-0.4, -0.2) is 44.7 Å². The number of nitrogens with zero attached hydrogens (tertiary/aromatic N) is 5. The predicted molar refractivity (Wildman–Crippen MR) is 125 cm³/mol. The van der Waals surface area contributed by atoms with Crippen molar-refractivity contribution in [3.63, 3.8) is 0 Å². The number of fused-ring (bicyclic) bond motifs is 1. The van der Waals surface area contributed by atoms with Crippen molar-refractivity contribution in [3.8, 4) is 11.4 Å². The Morgan fingerprint density at radius 1 is 0.806 bits per heavy atom. The van der Waals surface area contributed by atoms with Gasteiger partial charge in [-0.1, -0.05) is 72.8 Å². The van der Waals surface area contributed by atoms with Gasteiger partial charge in [0, 0.05) is 12.1 Å². The normalized spacial score (nSPS) is 15.5. The van der Waals surface area contributed by atoms with Gasteiger partial charge in [0.1, 0.15) is 0 Å². The second-order valence-corrected chi connectivity index (χ2v) is 8.58. The maximum absolute atomic E-state index is 4.34. The van der Waals surface area contributed by atoms with Crippen molar-refractivity contribution in [2.45, 2.75) is 32.2 Å². The monoisotopic (exact) mass is 411 g/mol. The molecule has 0 bridgehead atoms. The van der Waals surface area contributed by atoms with Gasteiger partial charge < -0.3 is 4.90 Å². The molecule has 2 heterocycles. The predicted octanol–water partition coefficient (Wildman–Crippen LogP) is 4.84. The summed E-state index contributed by atoms with van der Waals surface area (Å²) in [6, 6.07) is 25.6. The Morgan fingerprint density at radius 3 is 2.45 bits per heavy atom. The summed E-state index contributed by atoms with van der Waals surface area (Å²) in [5, 5.41) is 15.0. The average Bonchev–Trinajstić information content (AvgIpc) is 3.29. The smallest absolute Gasteiger partial charge is 0.182 e. The molecule has 158 valence electrons. The molecule has 1 aliphatic rings. The van der Waals surface area contributed by atoms with E-state index in [0.29, 0.717) is 0 Å². The molecule has 0 aliphatic carbocycles. The fourth-order valence-electron chi connectivity index (χ4n) is 4.77. The van der Waals surface area contributed by atoms with Crippen LogP contribution in [0.3, 0.4) is 0 Å². The molecule has 0 N–H and O–H groups in total. The van der Waals surface area contributed by atoms with Gasteiger partial charge in [0.2, 0.25) is 0 Å². The number of likely N-dealkylation sites (tertiary alicyclic amines) is 1. The zero-order valence-electron chi connectivity index (χ0n) is 17.9. The first-order chi connectivity index (χ1) is 15.4. The van der Waals surface area contributed by atoms with Gasteiger partial charge in [-0.25, -0.2) is 4.68 Å². The van der Waals surface area contributed by atoms with Crippen LogP contribution in [0.1, 0.15) is 24.8 Å². The number of hydrogen-bond acceptors (Lipinski definition) is 4. The topological polar surface area (TPSA) is 46.8 Å². The third kappa shape index (κ3) is 4.67. The number of piperidine rings is 1. The van der Waals surface area contributed by atoms with Crippen LogP contribution in [-0.2, 0) is 13.0 Å². The van der Waals surface area contributed by atoms with Crippen molar-refractivity contribution in [3.05, 3.63) is 78.4 Å². The fraction of sp³-hybridized carbons (Fsp3) is 0.346. The van der Waals surface area contributed by atoms with Crippen molar-refractivity contribution in [1.29, 1.82) is 0 Å². The summed E-state index contributed by atoms with van der Waals surface area (Å²) < 4.78 is 1.96. The maximum Gasteiger partial charge on any atom is 0.182 e. The molecule has 1 fully saturated rings. The van der Waals surface area contributed by atoms with E-state index in [1.54, 1.807) is 0 Å². The van der Waals surface area contributed by atoms with Gasteiger partial charge in [0.05, 0.1) is 0 Å². The minimum atomic E-state index is 0.816. The summed E-state index contributed by atoms with van der Waals surface area (Å²) in [5.41, 5.74) is 2.57. The van der Waals surface area contributed by atoms with Crippen molar-refractivity contribution < 1.29 is 0 Å². The highest BCUT2D eigenvalue weighted by Crippen LogP contribution is 2.27. The van der Waals surface area contributed by atoms with E-state index in [-0.39, 0.29) is 0 Å². The largest absolute Gasteiger partial charge is 0.303 e. The SMILES string of the molecule is c1ccc(CC2CCN(CCCn3nnnc3-c3cccc4ccccc34)CC2)cc1. The molecule has 1 saturated heterocycles. The summed E-state index contributed by atoms with van der Waals surface area (Å²) in [6.07, 6.45) is 4.86. The highest BCUT2D eigenvalue weighted by Gasteiger charge is 2.19. The van der Waals surface area contributed by atoms with E-state index in [0.717, 1.165) is 36.8 Å². The Morgan fingerprint density at radius 2 is 1.58 bits per heavy atom. The molecular formula is C26H29N5. The van der Waals surface area contributed by atoms with E-state index >= 15 is 0 Å². The summed E-state index contributed by atoms with van der Waals surface area (Å²) >= 11 is 0. The fourth-order valence-corrected chi connectivity index (χ4v) is 4.77. The molecule has 3 aromatic carbocycles. The second-order valence-electron chi connectivity index (χ2n) is 8.58. The number of aryl methyl sites for hydroxylation is 1. The Balaban J connectivity index is 1.15. The Kier molecular flexibility index (Phi) is 6.03. The van der Waals surface area contributed by atoms with E-state index < -0.39 is 0 Å². The van der Waals surface area contributed by atoms with Crippen LogP contribution in [0.2, 0.25) is 0 Å². The summed E-state index contributed by atoms with van der Waals surface area (Å²) in [4.78, 5) is 2.60. The van der Waals surface area contributed by atoms with Crippen molar-refractivity contribution in [2.24, 2.45) is 5.92 Å². The molecule has 0 unspecified atom stereocenters. The Labute approximate surface area is 183 Å². The molecule has 0 atom stereocenters. The molecule has 31 heavy (non-hydrogen) atoms. The van der Waals surface area contributed by atoms with E-state index in [1.807, 2.05) is 4.68 Å². The first-order valence-corrected chi connectivity index (χ1v) is 11.4. The van der Waals surface area contributed by atoms with Crippen LogP contribution < -0.4 is 0 Å². The van der Waals surface area contributed by atoms with Crippen molar-refractivity contribution >= 4 is 10.8 Å². The number of tetrazole rings is 1. The molecule has 1 aliphatic heterocycles. The van der Waals surface area contributed by atoms with Crippen LogP contribution in [0.25, 0.3) is 22.2 Å². The van der Waals surface area contributed by atoms with Gasteiger partial charge in [-0.05, 0) is 78.0 Å². The standard InChI is InChI=1S/C26H29N5/c1-2-8-21(9-3-1)20-22-14-18-30(19-15-22)16-7-17-31-26(27-28-29-31)25-13-6-11-23-10-4-5-12-24(23)25/h1-6,8-13,22H,7,14-20H2. The molecule has 1 aromatic heterocycles. The second kappa shape index (κ2) is 9.40. The van der Waals surface area contributed by atoms with Crippen LogP contribution >= 0.6 is 0 Å². The van der Waals surface area contributed by atoms with Gasteiger partial charge in [-0.3, -0.25) is 0 Å². The lowest BCUT2D eigenvalue weighted by molar-refractivity contribution is 0.179. The van der Waals surface area contributed by atoms with E-state index in [4.69, 9.17) is 0 Å². The molecule has 5 heteroatoms. The minimum Gasteiger partial charge on any atom is -0.303 e. The van der Waals surface area contributed by atoms with Crippen molar-refractivity contribution in [2.75, 3.05) is 19.6 Å². The van der Waals surface area contributed by atoms with E-state index in [1.165, 1.54) is 48.7 Å². The third-order valence-electron chi connectivity index (χ3n) is 6.48. The molecule has 5 rings (SSSR count). The Hall–Kier alpha value is -3.05. The maximum atomic E-state index is 4.34. The summed E-state index contributed by atoms with van der Waals surface area (Å²) in [7, 11) is 0. The van der Waals surface area contributed by atoms with Crippen LogP contribution in [0.15, 0.2) is 72.8 Å². The summed E-state index contributed by atoms with van der Waals surface area (Å²) in [5.74, 6) is 1.68. The van der Waals surface area contributed by atoms with Crippen LogP contribution in [0, 0.1) is 5.92 Å². The third-order valence-corrected chi connectivity index (χ3v) is 6.48. The molecule has 0 spiro atoms. The first-order valence-electron chi connectivity index (χ1n) is 11.4. The number of rotatable bonds is 7. The van der Waals surface area contributed by atoms with Gasteiger partial charge in [0.25, 0.3) is 0 Å². The summed E-state index contributed by atoms with van der Waals surface area (Å²) in [6.45, 7) is 4.34. The highest BCUT2D eigenvalue weighted by molar-refractivity contribution is 5.94. The Bertz CT molecular complexity index is 1110. The van der Waals surface area contributed by atoms with Gasteiger partial charge in [0.15, 0.2) is 5.82 Å². The lowest BCUT2D eigenvalue weighted by Gasteiger charge is -2.32.